The standard InChI is InChI=1S/C19H18FN3O2/c20-14-1-2-17-15(9-14)16-11-22(10-13-3-6-21-7-4-13)8-5-18(16)23(17)12-19(24)25/h1-4,6-7,9H,5,8,10-12H2,(H,24,25). The number of hydrogen-bond acceptors (Lipinski definition) is 3. The average molecular weight is 339 g/mol. The minimum Gasteiger partial charge on any atom is -0.480 e. The van der Waals surface area contributed by atoms with E-state index < -0.39 is 5.97 Å². The Balaban J connectivity index is 1.72. The van der Waals surface area contributed by atoms with Crippen molar-refractivity contribution in [2.24, 2.45) is 0 Å². The predicted molar refractivity (Wildman–Crippen MR) is 91.6 cm³/mol. The number of pyridine rings is 1. The molecule has 5 nitrogen and oxygen atoms in total. The number of carboxylic acid groups (broad SMARTS) is 1. The van der Waals surface area contributed by atoms with Crippen LogP contribution in [-0.4, -0.2) is 32.1 Å². The largest absolute Gasteiger partial charge is 0.480 e. The Morgan fingerprint density at radius 3 is 2.80 bits per heavy atom. The van der Waals surface area contributed by atoms with Gasteiger partial charge in [-0.2, -0.15) is 0 Å². The summed E-state index contributed by atoms with van der Waals surface area (Å²) in [5, 5.41) is 10.1. The molecule has 1 aromatic carbocycles. The van der Waals surface area contributed by atoms with Crippen molar-refractivity contribution in [2.75, 3.05) is 6.54 Å². The number of aromatic nitrogens is 2. The van der Waals surface area contributed by atoms with E-state index in [0.29, 0.717) is 6.54 Å². The molecule has 1 aliphatic rings. The van der Waals surface area contributed by atoms with E-state index in [0.717, 1.165) is 41.7 Å². The summed E-state index contributed by atoms with van der Waals surface area (Å²) in [6.07, 6.45) is 4.31. The van der Waals surface area contributed by atoms with Gasteiger partial charge in [0.25, 0.3) is 0 Å². The fraction of sp³-hybridized carbons (Fsp3) is 0.263. The first-order valence-electron chi connectivity index (χ1n) is 8.24. The first-order valence-corrected chi connectivity index (χ1v) is 8.24. The van der Waals surface area contributed by atoms with E-state index in [-0.39, 0.29) is 12.4 Å². The fourth-order valence-corrected chi connectivity index (χ4v) is 3.68. The lowest BCUT2D eigenvalue weighted by Crippen LogP contribution is -2.31. The highest BCUT2D eigenvalue weighted by Gasteiger charge is 2.25. The molecule has 1 N–H and O–H groups in total. The van der Waals surface area contributed by atoms with Crippen molar-refractivity contribution < 1.29 is 14.3 Å². The van der Waals surface area contributed by atoms with Gasteiger partial charge in [0.05, 0.1) is 0 Å². The summed E-state index contributed by atoms with van der Waals surface area (Å²) in [5.74, 6) is -1.18. The number of carboxylic acids is 1. The number of nitrogens with zero attached hydrogens (tertiary/aromatic N) is 3. The minimum absolute atomic E-state index is 0.0954. The summed E-state index contributed by atoms with van der Waals surface area (Å²) in [4.78, 5) is 17.6. The van der Waals surface area contributed by atoms with Crippen LogP contribution >= 0.6 is 0 Å². The summed E-state index contributed by atoms with van der Waals surface area (Å²) >= 11 is 0. The van der Waals surface area contributed by atoms with Crippen LogP contribution in [0.15, 0.2) is 42.7 Å². The van der Waals surface area contributed by atoms with Gasteiger partial charge in [0.2, 0.25) is 0 Å². The van der Waals surface area contributed by atoms with E-state index in [1.54, 1.807) is 18.5 Å². The zero-order chi connectivity index (χ0) is 17.4. The third kappa shape index (κ3) is 3.00. The molecule has 0 spiro atoms. The summed E-state index contributed by atoms with van der Waals surface area (Å²) in [6.45, 7) is 2.22. The predicted octanol–water partition coefficient (Wildman–Crippen LogP) is 2.82. The number of hydrogen-bond donors (Lipinski definition) is 1. The van der Waals surface area contributed by atoms with Crippen LogP contribution in [0.4, 0.5) is 4.39 Å². The van der Waals surface area contributed by atoms with Gasteiger partial charge >= 0.3 is 5.97 Å². The molecule has 0 unspecified atom stereocenters. The SMILES string of the molecule is O=C(O)Cn1c2c(c3cc(F)ccc31)CN(Cc1ccncc1)CC2. The average Bonchev–Trinajstić information content (AvgIpc) is 2.88. The molecule has 6 heteroatoms. The fourth-order valence-electron chi connectivity index (χ4n) is 3.68. The maximum Gasteiger partial charge on any atom is 0.323 e. The van der Waals surface area contributed by atoms with Gasteiger partial charge in [0.15, 0.2) is 0 Å². The Morgan fingerprint density at radius 2 is 2.04 bits per heavy atom. The van der Waals surface area contributed by atoms with E-state index in [1.807, 2.05) is 16.7 Å². The Kier molecular flexibility index (Phi) is 3.97. The second-order valence-corrected chi connectivity index (χ2v) is 6.38. The van der Waals surface area contributed by atoms with Crippen LogP contribution < -0.4 is 0 Å². The molecule has 0 aliphatic carbocycles. The molecule has 0 saturated carbocycles. The van der Waals surface area contributed by atoms with Gasteiger partial charge in [-0.15, -0.1) is 0 Å². The molecule has 0 saturated heterocycles. The lowest BCUT2D eigenvalue weighted by atomic mass is 10.0. The Labute approximate surface area is 144 Å². The molecule has 25 heavy (non-hydrogen) atoms. The van der Waals surface area contributed by atoms with Gasteiger partial charge < -0.3 is 9.67 Å². The van der Waals surface area contributed by atoms with Crippen molar-refractivity contribution >= 4 is 16.9 Å². The van der Waals surface area contributed by atoms with E-state index in [2.05, 4.69) is 9.88 Å². The summed E-state index contributed by atoms with van der Waals surface area (Å²) in [5.41, 5.74) is 4.02. The molecule has 4 rings (SSSR count). The van der Waals surface area contributed by atoms with Gasteiger partial charge in [0.1, 0.15) is 12.4 Å². The molecule has 0 fully saturated rings. The normalized spacial score (nSPS) is 14.6. The molecule has 0 bridgehead atoms. The smallest absolute Gasteiger partial charge is 0.323 e. The van der Waals surface area contributed by atoms with E-state index in [4.69, 9.17) is 0 Å². The van der Waals surface area contributed by atoms with Crippen LogP contribution in [0, 0.1) is 5.82 Å². The molecule has 3 heterocycles. The molecule has 0 amide bonds. The highest BCUT2D eigenvalue weighted by molar-refractivity contribution is 5.87. The topological polar surface area (TPSA) is 58.4 Å². The Hall–Kier alpha value is -2.73. The molecular weight excluding hydrogens is 321 g/mol. The third-order valence-electron chi connectivity index (χ3n) is 4.74. The highest BCUT2D eigenvalue weighted by atomic mass is 19.1. The molecule has 128 valence electrons. The zero-order valence-corrected chi connectivity index (χ0v) is 13.7. The molecule has 0 atom stereocenters. The second kappa shape index (κ2) is 6.29. The van der Waals surface area contributed by atoms with Gasteiger partial charge in [-0.3, -0.25) is 14.7 Å². The quantitative estimate of drug-likeness (QED) is 0.794. The highest BCUT2D eigenvalue weighted by Crippen LogP contribution is 2.32. The van der Waals surface area contributed by atoms with Crippen molar-refractivity contribution in [3.63, 3.8) is 0 Å². The number of benzene rings is 1. The zero-order valence-electron chi connectivity index (χ0n) is 13.7. The van der Waals surface area contributed by atoms with Crippen LogP contribution in [-0.2, 0) is 30.8 Å². The molecule has 3 aromatic rings. The first-order chi connectivity index (χ1) is 12.1. The second-order valence-electron chi connectivity index (χ2n) is 6.38. The van der Waals surface area contributed by atoms with Crippen LogP contribution in [0.5, 0.6) is 0 Å². The number of fused-ring (bicyclic) bond motifs is 3. The maximum absolute atomic E-state index is 13.8. The van der Waals surface area contributed by atoms with Gasteiger partial charge in [-0.25, -0.2) is 4.39 Å². The van der Waals surface area contributed by atoms with Crippen LogP contribution in [0.3, 0.4) is 0 Å². The van der Waals surface area contributed by atoms with Gasteiger partial charge in [-0.05, 0) is 41.5 Å². The van der Waals surface area contributed by atoms with Crippen LogP contribution in [0.25, 0.3) is 10.9 Å². The number of carbonyl (C=O) groups is 1. The molecule has 0 radical (unpaired) electrons. The summed E-state index contributed by atoms with van der Waals surface area (Å²) < 4.78 is 15.6. The van der Waals surface area contributed by atoms with Gasteiger partial charge in [-0.1, -0.05) is 0 Å². The van der Waals surface area contributed by atoms with E-state index >= 15 is 0 Å². The third-order valence-corrected chi connectivity index (χ3v) is 4.74. The Morgan fingerprint density at radius 1 is 1.24 bits per heavy atom. The number of rotatable bonds is 4. The van der Waals surface area contributed by atoms with Crippen molar-refractivity contribution in [3.05, 3.63) is 65.4 Å². The van der Waals surface area contributed by atoms with Crippen molar-refractivity contribution in [3.8, 4) is 0 Å². The minimum atomic E-state index is -0.886. The first kappa shape index (κ1) is 15.8. The lowest BCUT2D eigenvalue weighted by molar-refractivity contribution is -0.137. The monoisotopic (exact) mass is 339 g/mol. The number of halogens is 1. The molecule has 2 aromatic heterocycles. The summed E-state index contributed by atoms with van der Waals surface area (Å²) in [6, 6.07) is 8.56. The summed E-state index contributed by atoms with van der Waals surface area (Å²) in [7, 11) is 0. The van der Waals surface area contributed by atoms with Crippen molar-refractivity contribution in [1.82, 2.24) is 14.5 Å². The van der Waals surface area contributed by atoms with Gasteiger partial charge in [0, 0.05) is 55.0 Å². The van der Waals surface area contributed by atoms with Crippen LogP contribution in [0.2, 0.25) is 0 Å². The van der Waals surface area contributed by atoms with Crippen LogP contribution in [0.1, 0.15) is 16.8 Å². The maximum atomic E-state index is 13.8. The van der Waals surface area contributed by atoms with Crippen molar-refractivity contribution in [2.45, 2.75) is 26.1 Å². The van der Waals surface area contributed by atoms with E-state index in [1.165, 1.54) is 17.7 Å². The number of aliphatic carboxylic acids is 1. The molecular formula is C19H18FN3O2. The molecule has 1 aliphatic heterocycles. The Bertz CT molecular complexity index is 937. The van der Waals surface area contributed by atoms with E-state index in [9.17, 15) is 14.3 Å². The van der Waals surface area contributed by atoms with Crippen molar-refractivity contribution in [1.29, 1.82) is 0 Å². The lowest BCUT2D eigenvalue weighted by Gasteiger charge is -2.28.